The van der Waals surface area contributed by atoms with E-state index < -0.39 is 10.8 Å². The molecule has 0 aliphatic carbocycles. The van der Waals surface area contributed by atoms with Crippen LogP contribution in [-0.2, 0) is 6.54 Å². The van der Waals surface area contributed by atoms with Gasteiger partial charge in [-0.05, 0) is 23.8 Å². The average Bonchev–Trinajstić information content (AvgIpc) is 2.48. The fraction of sp³-hybridized carbons (Fsp3) is 0.0714. The fourth-order valence-electron chi connectivity index (χ4n) is 1.78. The zero-order valence-corrected chi connectivity index (χ0v) is 12.7. The maximum absolute atomic E-state index is 12.1. The van der Waals surface area contributed by atoms with Crippen LogP contribution in [0.1, 0.15) is 15.9 Å². The highest BCUT2D eigenvalue weighted by Gasteiger charge is 2.15. The van der Waals surface area contributed by atoms with Gasteiger partial charge in [-0.15, -0.1) is 0 Å². The van der Waals surface area contributed by atoms with Gasteiger partial charge in [-0.25, -0.2) is 0 Å². The summed E-state index contributed by atoms with van der Waals surface area (Å²) in [4.78, 5) is 22.2. The molecule has 6 nitrogen and oxygen atoms in total. The number of halogens is 2. The number of amides is 1. The lowest BCUT2D eigenvalue weighted by atomic mass is 10.1. The van der Waals surface area contributed by atoms with Crippen molar-refractivity contribution in [2.45, 2.75) is 6.54 Å². The van der Waals surface area contributed by atoms with Crippen molar-refractivity contribution >= 4 is 40.5 Å². The first-order valence-electron chi connectivity index (χ1n) is 6.14. The topological polar surface area (TPSA) is 98.3 Å². The van der Waals surface area contributed by atoms with Crippen LogP contribution in [0.25, 0.3) is 0 Å². The quantitative estimate of drug-likeness (QED) is 0.506. The minimum Gasteiger partial charge on any atom is -0.398 e. The number of nitrogens with zero attached hydrogens (tertiary/aromatic N) is 1. The van der Waals surface area contributed by atoms with Gasteiger partial charge in [0, 0.05) is 24.4 Å². The number of benzene rings is 2. The van der Waals surface area contributed by atoms with E-state index in [0.29, 0.717) is 10.0 Å². The van der Waals surface area contributed by atoms with E-state index in [1.165, 1.54) is 12.1 Å². The van der Waals surface area contributed by atoms with Gasteiger partial charge in [0.1, 0.15) is 0 Å². The number of anilines is 1. The first-order chi connectivity index (χ1) is 10.4. The summed E-state index contributed by atoms with van der Waals surface area (Å²) >= 11 is 11.7. The number of nitrogens with two attached hydrogens (primary N) is 1. The molecule has 114 valence electrons. The Hall–Kier alpha value is -2.31. The van der Waals surface area contributed by atoms with Gasteiger partial charge in [-0.2, -0.15) is 0 Å². The summed E-state index contributed by atoms with van der Waals surface area (Å²) in [6, 6.07) is 8.66. The number of nitrogen functional groups attached to an aromatic ring is 1. The van der Waals surface area contributed by atoms with Gasteiger partial charge in [0.15, 0.2) is 0 Å². The normalized spacial score (nSPS) is 10.3. The predicted octanol–water partition coefficient (Wildman–Crippen LogP) is 3.41. The Morgan fingerprint density at radius 3 is 2.55 bits per heavy atom. The summed E-state index contributed by atoms with van der Waals surface area (Å²) in [5.41, 5.74) is 6.44. The molecular weight excluding hydrogens is 329 g/mol. The van der Waals surface area contributed by atoms with Crippen LogP contribution in [0.2, 0.25) is 10.0 Å². The second-order valence-corrected chi connectivity index (χ2v) is 5.27. The van der Waals surface area contributed by atoms with E-state index in [-0.39, 0.29) is 23.5 Å². The van der Waals surface area contributed by atoms with Gasteiger partial charge in [-0.3, -0.25) is 14.9 Å². The Bertz CT molecular complexity index is 750. The van der Waals surface area contributed by atoms with Gasteiger partial charge < -0.3 is 11.1 Å². The molecule has 0 saturated heterocycles. The number of hydrogen-bond acceptors (Lipinski definition) is 4. The minimum atomic E-state index is -0.588. The van der Waals surface area contributed by atoms with E-state index in [4.69, 9.17) is 28.9 Å². The number of nitro groups is 1. The molecule has 0 aliphatic heterocycles. The van der Waals surface area contributed by atoms with Crippen molar-refractivity contribution in [3.05, 3.63) is 67.7 Å². The number of hydrogen-bond donors (Lipinski definition) is 2. The summed E-state index contributed by atoms with van der Waals surface area (Å²) in [6.07, 6.45) is 0. The zero-order valence-electron chi connectivity index (χ0n) is 11.2. The number of non-ortho nitro benzene ring substituents is 1. The molecule has 22 heavy (non-hydrogen) atoms. The van der Waals surface area contributed by atoms with Crippen LogP contribution in [0.4, 0.5) is 11.4 Å². The van der Waals surface area contributed by atoms with Crippen LogP contribution in [0, 0.1) is 10.1 Å². The number of carbonyl (C=O) groups excluding carboxylic acids is 1. The number of nitrogens with one attached hydrogen (secondary N) is 1. The smallest absolute Gasteiger partial charge is 0.270 e. The molecule has 0 aromatic heterocycles. The number of rotatable bonds is 4. The van der Waals surface area contributed by atoms with Crippen molar-refractivity contribution in [3.8, 4) is 0 Å². The predicted molar refractivity (Wildman–Crippen MR) is 85.1 cm³/mol. The first-order valence-corrected chi connectivity index (χ1v) is 6.90. The maximum Gasteiger partial charge on any atom is 0.270 e. The van der Waals surface area contributed by atoms with Crippen molar-refractivity contribution in [2.24, 2.45) is 0 Å². The molecule has 8 heteroatoms. The van der Waals surface area contributed by atoms with Crippen molar-refractivity contribution in [2.75, 3.05) is 5.73 Å². The zero-order chi connectivity index (χ0) is 16.3. The molecule has 0 aliphatic rings. The lowest BCUT2D eigenvalue weighted by Gasteiger charge is -2.08. The van der Waals surface area contributed by atoms with E-state index in [2.05, 4.69) is 5.32 Å². The maximum atomic E-state index is 12.1. The minimum absolute atomic E-state index is 0.0502. The van der Waals surface area contributed by atoms with E-state index in [0.717, 1.165) is 11.6 Å². The van der Waals surface area contributed by atoms with Crippen LogP contribution in [0.3, 0.4) is 0 Å². The number of nitro benzene ring substituents is 1. The highest BCUT2D eigenvalue weighted by atomic mass is 35.5. The Labute approximate surface area is 136 Å². The third-order valence-electron chi connectivity index (χ3n) is 2.93. The Balaban J connectivity index is 2.13. The second kappa shape index (κ2) is 6.64. The average molecular weight is 340 g/mol. The lowest BCUT2D eigenvalue weighted by molar-refractivity contribution is -0.384. The number of carbonyl (C=O) groups is 1. The summed E-state index contributed by atoms with van der Waals surface area (Å²) in [7, 11) is 0. The van der Waals surface area contributed by atoms with Crippen LogP contribution >= 0.6 is 23.2 Å². The summed E-state index contributed by atoms with van der Waals surface area (Å²) < 4.78 is 0. The Kier molecular flexibility index (Phi) is 4.85. The van der Waals surface area contributed by atoms with Gasteiger partial charge in [0.05, 0.1) is 20.5 Å². The third kappa shape index (κ3) is 3.66. The van der Waals surface area contributed by atoms with Crippen molar-refractivity contribution in [3.63, 3.8) is 0 Å². The lowest BCUT2D eigenvalue weighted by Crippen LogP contribution is -2.23. The van der Waals surface area contributed by atoms with Gasteiger partial charge in [-0.1, -0.05) is 29.3 Å². The third-order valence-corrected chi connectivity index (χ3v) is 3.67. The van der Waals surface area contributed by atoms with Gasteiger partial charge >= 0.3 is 0 Å². The van der Waals surface area contributed by atoms with Gasteiger partial charge in [0.2, 0.25) is 0 Å². The first kappa shape index (κ1) is 16.1. The van der Waals surface area contributed by atoms with Crippen molar-refractivity contribution in [1.29, 1.82) is 0 Å². The molecule has 1 amide bonds. The second-order valence-electron chi connectivity index (χ2n) is 4.46. The Morgan fingerprint density at radius 2 is 1.91 bits per heavy atom. The van der Waals surface area contributed by atoms with Crippen LogP contribution in [0.15, 0.2) is 36.4 Å². The van der Waals surface area contributed by atoms with E-state index in [9.17, 15) is 14.9 Å². The highest BCUT2D eigenvalue weighted by molar-refractivity contribution is 6.42. The van der Waals surface area contributed by atoms with Gasteiger partial charge in [0.25, 0.3) is 11.6 Å². The fourth-order valence-corrected chi connectivity index (χ4v) is 2.10. The molecule has 0 saturated carbocycles. The van der Waals surface area contributed by atoms with E-state index >= 15 is 0 Å². The summed E-state index contributed by atoms with van der Waals surface area (Å²) in [5, 5.41) is 14.2. The molecule has 0 radical (unpaired) electrons. The molecular formula is C14H11Cl2N3O3. The molecule has 0 bridgehead atoms. The van der Waals surface area contributed by atoms with Crippen LogP contribution in [-0.4, -0.2) is 10.8 Å². The largest absolute Gasteiger partial charge is 0.398 e. The molecule has 2 rings (SSSR count). The summed E-state index contributed by atoms with van der Waals surface area (Å²) in [5.74, 6) is -0.507. The van der Waals surface area contributed by atoms with E-state index in [1.54, 1.807) is 18.2 Å². The van der Waals surface area contributed by atoms with Crippen molar-refractivity contribution in [1.82, 2.24) is 5.32 Å². The van der Waals surface area contributed by atoms with E-state index in [1.807, 2.05) is 0 Å². The van der Waals surface area contributed by atoms with Crippen LogP contribution < -0.4 is 11.1 Å². The highest BCUT2D eigenvalue weighted by Crippen LogP contribution is 2.23. The Morgan fingerprint density at radius 1 is 1.18 bits per heavy atom. The molecule has 0 heterocycles. The SMILES string of the molecule is Nc1ccc([N+](=O)[O-])cc1C(=O)NCc1ccc(Cl)c(Cl)c1. The standard InChI is InChI=1S/C14H11Cl2N3O3/c15-11-3-1-8(5-12(11)16)7-18-14(20)10-6-9(19(21)22)2-4-13(10)17/h1-6H,7,17H2,(H,18,20). The molecule has 0 atom stereocenters. The monoisotopic (exact) mass is 339 g/mol. The molecule has 2 aromatic rings. The molecule has 3 N–H and O–H groups in total. The molecule has 2 aromatic carbocycles. The summed E-state index contributed by atoms with van der Waals surface area (Å²) in [6.45, 7) is 0.192. The van der Waals surface area contributed by atoms with Crippen LogP contribution in [0.5, 0.6) is 0 Å². The van der Waals surface area contributed by atoms with Crippen molar-refractivity contribution < 1.29 is 9.72 Å². The molecule has 0 unspecified atom stereocenters. The molecule has 0 fully saturated rings. The molecule has 0 spiro atoms.